The maximum atomic E-state index is 10.00. The van der Waals surface area contributed by atoms with Crippen LogP contribution in [0.25, 0.3) is 0 Å². The van der Waals surface area contributed by atoms with Crippen LogP contribution in [0.2, 0.25) is 5.22 Å². The van der Waals surface area contributed by atoms with E-state index in [9.17, 15) is 5.11 Å². The van der Waals surface area contributed by atoms with E-state index in [1.165, 1.54) is 0 Å². The quantitative estimate of drug-likeness (QED) is 0.865. The minimum Gasteiger partial charge on any atom is -0.449 e. The lowest BCUT2D eigenvalue weighted by Gasteiger charge is -2.26. The first kappa shape index (κ1) is 12.9. The van der Waals surface area contributed by atoms with Crippen molar-refractivity contribution < 1.29 is 9.52 Å². The maximum absolute atomic E-state index is 10.00. The number of furan rings is 1. The zero-order chi connectivity index (χ0) is 11.5. The van der Waals surface area contributed by atoms with Gasteiger partial charge in [-0.15, -0.1) is 0 Å². The van der Waals surface area contributed by atoms with Crippen LogP contribution < -0.4 is 0 Å². The molecule has 2 nitrogen and oxygen atoms in total. The number of halogens is 1. The Morgan fingerprint density at radius 3 is 2.67 bits per heavy atom. The largest absolute Gasteiger partial charge is 0.449 e. The summed E-state index contributed by atoms with van der Waals surface area (Å²) in [6, 6.07) is 3.59. The minimum atomic E-state index is -0.624. The van der Waals surface area contributed by atoms with Crippen molar-refractivity contribution in [3.63, 3.8) is 0 Å². The first-order valence-corrected chi connectivity index (χ1v) is 6.49. The van der Waals surface area contributed by atoms with Crippen LogP contribution >= 0.6 is 23.4 Å². The third-order valence-electron chi connectivity index (χ3n) is 2.51. The van der Waals surface area contributed by atoms with Crippen molar-refractivity contribution in [1.29, 1.82) is 0 Å². The normalized spacial score (nSPS) is 15.6. The molecule has 15 heavy (non-hydrogen) atoms. The fraction of sp³-hybridized carbons (Fsp3) is 0.636. The number of rotatable bonds is 5. The van der Waals surface area contributed by atoms with Gasteiger partial charge in [0.05, 0.1) is 11.4 Å². The van der Waals surface area contributed by atoms with Crippen LogP contribution in [0, 0.1) is 5.92 Å². The van der Waals surface area contributed by atoms with E-state index in [0.717, 1.165) is 11.5 Å². The van der Waals surface area contributed by atoms with Gasteiger partial charge in [0.2, 0.25) is 0 Å². The molecule has 0 amide bonds. The maximum Gasteiger partial charge on any atom is 0.193 e. The molecular formula is C11H17ClO2S. The lowest BCUT2D eigenvalue weighted by atomic mass is 9.95. The van der Waals surface area contributed by atoms with Crippen LogP contribution in [0.4, 0.5) is 0 Å². The van der Waals surface area contributed by atoms with Gasteiger partial charge in [-0.1, -0.05) is 13.8 Å². The summed E-state index contributed by atoms with van der Waals surface area (Å²) in [5.41, 5.74) is -0.624. The number of hydrogen-bond acceptors (Lipinski definition) is 3. The Morgan fingerprint density at radius 1 is 1.53 bits per heavy atom. The topological polar surface area (TPSA) is 33.4 Å². The molecule has 1 atom stereocenters. The predicted molar refractivity (Wildman–Crippen MR) is 65.3 cm³/mol. The van der Waals surface area contributed by atoms with Gasteiger partial charge in [0.1, 0.15) is 5.76 Å². The Balaban J connectivity index is 2.33. The molecule has 0 spiro atoms. The Hall–Kier alpha value is -0.120. The SMILES string of the molecule is CC(C)C(C)(O)CSCc1ccc(Cl)o1. The summed E-state index contributed by atoms with van der Waals surface area (Å²) >= 11 is 7.31. The average Bonchev–Trinajstić information content (AvgIpc) is 2.51. The van der Waals surface area contributed by atoms with Gasteiger partial charge >= 0.3 is 0 Å². The molecule has 0 aliphatic rings. The summed E-state index contributed by atoms with van der Waals surface area (Å²) in [5.74, 6) is 2.55. The molecule has 86 valence electrons. The first-order valence-electron chi connectivity index (χ1n) is 4.96. The molecule has 1 N–H and O–H groups in total. The molecule has 0 aliphatic heterocycles. The molecule has 1 aromatic heterocycles. The predicted octanol–water partition coefficient (Wildman–Crippen LogP) is 3.57. The molecule has 0 saturated heterocycles. The van der Waals surface area contributed by atoms with Gasteiger partial charge in [0.15, 0.2) is 5.22 Å². The third kappa shape index (κ3) is 4.09. The zero-order valence-corrected chi connectivity index (χ0v) is 10.9. The van der Waals surface area contributed by atoms with Crippen LogP contribution in [0.3, 0.4) is 0 Å². The van der Waals surface area contributed by atoms with E-state index in [2.05, 4.69) is 0 Å². The smallest absolute Gasteiger partial charge is 0.193 e. The number of aliphatic hydroxyl groups is 1. The van der Waals surface area contributed by atoms with E-state index in [0.29, 0.717) is 11.0 Å². The van der Waals surface area contributed by atoms with Crippen LogP contribution in [0.5, 0.6) is 0 Å². The molecule has 1 unspecified atom stereocenters. The summed E-state index contributed by atoms with van der Waals surface area (Å²) in [6.45, 7) is 5.90. The molecule has 0 aromatic carbocycles. The van der Waals surface area contributed by atoms with Gasteiger partial charge in [-0.05, 0) is 36.6 Å². The van der Waals surface area contributed by atoms with Crippen LogP contribution in [-0.4, -0.2) is 16.5 Å². The molecule has 0 bridgehead atoms. The highest BCUT2D eigenvalue weighted by Crippen LogP contribution is 2.25. The van der Waals surface area contributed by atoms with Crippen LogP contribution in [0.1, 0.15) is 26.5 Å². The van der Waals surface area contributed by atoms with E-state index in [4.69, 9.17) is 16.0 Å². The van der Waals surface area contributed by atoms with Crippen LogP contribution in [-0.2, 0) is 5.75 Å². The Morgan fingerprint density at radius 2 is 2.20 bits per heavy atom. The summed E-state index contributed by atoms with van der Waals surface area (Å²) in [6.07, 6.45) is 0. The van der Waals surface area contributed by atoms with E-state index in [1.807, 2.05) is 26.8 Å². The van der Waals surface area contributed by atoms with Crippen molar-refractivity contribution in [3.8, 4) is 0 Å². The molecule has 4 heteroatoms. The highest BCUT2D eigenvalue weighted by molar-refractivity contribution is 7.98. The van der Waals surface area contributed by atoms with Crippen molar-refractivity contribution >= 4 is 23.4 Å². The summed E-state index contributed by atoms with van der Waals surface area (Å²) < 4.78 is 5.22. The zero-order valence-electron chi connectivity index (χ0n) is 9.29. The van der Waals surface area contributed by atoms with E-state index in [-0.39, 0.29) is 5.92 Å². The van der Waals surface area contributed by atoms with Crippen LogP contribution in [0.15, 0.2) is 16.5 Å². The number of hydrogen-bond donors (Lipinski definition) is 1. The third-order valence-corrected chi connectivity index (χ3v) is 3.99. The lowest BCUT2D eigenvalue weighted by Crippen LogP contribution is -2.33. The van der Waals surface area contributed by atoms with Crippen molar-refractivity contribution in [1.82, 2.24) is 0 Å². The van der Waals surface area contributed by atoms with Crippen molar-refractivity contribution in [2.24, 2.45) is 5.92 Å². The fourth-order valence-electron chi connectivity index (χ4n) is 0.954. The monoisotopic (exact) mass is 248 g/mol. The highest BCUT2D eigenvalue weighted by Gasteiger charge is 2.24. The van der Waals surface area contributed by atoms with Gasteiger partial charge in [-0.2, -0.15) is 11.8 Å². The van der Waals surface area contributed by atoms with Gasteiger partial charge in [-0.3, -0.25) is 0 Å². The summed E-state index contributed by atoms with van der Waals surface area (Å²) in [7, 11) is 0. The highest BCUT2D eigenvalue weighted by atomic mass is 35.5. The lowest BCUT2D eigenvalue weighted by molar-refractivity contribution is 0.0376. The second-order valence-electron chi connectivity index (χ2n) is 4.21. The fourth-order valence-corrected chi connectivity index (χ4v) is 2.32. The second-order valence-corrected chi connectivity index (χ2v) is 5.57. The van der Waals surface area contributed by atoms with Gasteiger partial charge < -0.3 is 9.52 Å². The van der Waals surface area contributed by atoms with Gasteiger partial charge in [-0.25, -0.2) is 0 Å². The molecule has 0 aliphatic carbocycles. The summed E-state index contributed by atoms with van der Waals surface area (Å²) in [5, 5.41) is 10.4. The molecule has 1 heterocycles. The molecule has 0 radical (unpaired) electrons. The van der Waals surface area contributed by atoms with E-state index in [1.54, 1.807) is 17.8 Å². The second kappa shape index (κ2) is 5.28. The molecule has 0 saturated carbocycles. The molecular weight excluding hydrogens is 232 g/mol. The average molecular weight is 249 g/mol. The summed E-state index contributed by atoms with van der Waals surface area (Å²) in [4.78, 5) is 0. The number of thioether (sulfide) groups is 1. The van der Waals surface area contributed by atoms with E-state index >= 15 is 0 Å². The Kier molecular flexibility index (Phi) is 4.56. The minimum absolute atomic E-state index is 0.255. The van der Waals surface area contributed by atoms with Crippen molar-refractivity contribution in [2.75, 3.05) is 5.75 Å². The van der Waals surface area contributed by atoms with Gasteiger partial charge in [0.25, 0.3) is 0 Å². The van der Waals surface area contributed by atoms with Crippen molar-refractivity contribution in [3.05, 3.63) is 23.1 Å². The Bertz CT molecular complexity index is 307. The Labute approximate surface area is 100 Å². The van der Waals surface area contributed by atoms with Crippen molar-refractivity contribution in [2.45, 2.75) is 32.1 Å². The van der Waals surface area contributed by atoms with Gasteiger partial charge in [0, 0.05) is 5.75 Å². The molecule has 1 rings (SSSR count). The standard InChI is InChI=1S/C11H17ClO2S/c1-8(2)11(3,13)7-15-6-9-4-5-10(12)14-9/h4-5,8,13H,6-7H2,1-3H3. The molecule has 1 aromatic rings. The van der Waals surface area contributed by atoms with E-state index < -0.39 is 5.60 Å². The first-order chi connectivity index (χ1) is 6.92. The molecule has 0 fully saturated rings.